The summed E-state index contributed by atoms with van der Waals surface area (Å²) in [7, 11) is 0. The minimum atomic E-state index is -1.64. The number of β-lactam (4-membered cyclic amide) rings is 1. The quantitative estimate of drug-likeness (QED) is 0.802. The van der Waals surface area contributed by atoms with Crippen molar-refractivity contribution in [3.8, 4) is 0 Å². The van der Waals surface area contributed by atoms with Crippen LogP contribution in [0.25, 0.3) is 0 Å². The van der Waals surface area contributed by atoms with Crippen molar-refractivity contribution in [3.05, 3.63) is 36.4 Å². The Kier molecular flexibility index (Phi) is 4.70. The number of nitrogens with one attached hydrogen (secondary N) is 1. The first kappa shape index (κ1) is 17.3. The molecule has 2 fully saturated rings. The Morgan fingerprint density at radius 3 is 2.04 bits per heavy atom. The third kappa shape index (κ3) is 2.93. The number of aliphatic carboxylic acids is 1. The standard InChI is InChI=1S/C10H14N2O4S.C6H6/c1-5(13)11-10(8(15)16)9(2,3)17-7-4-6(14)12(7)10;1-2-4-6-5-3-1/h7H,4H2,1-3H3,(H,11,13)(H,15,16);1-6H/t7-,10?;/m1./s1. The van der Waals surface area contributed by atoms with Crippen LogP contribution in [0, 0.1) is 0 Å². The van der Waals surface area contributed by atoms with Gasteiger partial charge in [-0.2, -0.15) is 0 Å². The molecular weight excluding hydrogens is 316 g/mol. The van der Waals surface area contributed by atoms with Crippen LogP contribution in [0.5, 0.6) is 0 Å². The van der Waals surface area contributed by atoms with Crippen molar-refractivity contribution in [1.82, 2.24) is 10.2 Å². The van der Waals surface area contributed by atoms with Crippen LogP contribution in [0.1, 0.15) is 27.2 Å². The molecule has 0 bridgehead atoms. The Morgan fingerprint density at radius 2 is 1.70 bits per heavy atom. The van der Waals surface area contributed by atoms with E-state index < -0.39 is 22.3 Å². The van der Waals surface area contributed by atoms with Crippen molar-refractivity contribution < 1.29 is 19.5 Å². The number of carbonyl (C=O) groups excluding carboxylic acids is 2. The van der Waals surface area contributed by atoms with Gasteiger partial charge in [-0.15, -0.1) is 11.8 Å². The van der Waals surface area contributed by atoms with E-state index in [-0.39, 0.29) is 11.3 Å². The van der Waals surface area contributed by atoms with Crippen LogP contribution in [0.2, 0.25) is 0 Å². The van der Waals surface area contributed by atoms with Gasteiger partial charge in [-0.25, -0.2) is 4.79 Å². The highest BCUT2D eigenvalue weighted by atomic mass is 32.2. The molecule has 7 heteroatoms. The highest BCUT2D eigenvalue weighted by Gasteiger charge is 2.70. The molecular formula is C16H20N2O4S. The number of carbonyl (C=O) groups is 3. The molecule has 2 N–H and O–H groups in total. The zero-order chi connectivity index (χ0) is 17.3. The second-order valence-corrected chi connectivity index (χ2v) is 7.70. The smallest absolute Gasteiger partial charge is 0.352 e. The van der Waals surface area contributed by atoms with Crippen LogP contribution in [0.3, 0.4) is 0 Å². The van der Waals surface area contributed by atoms with Gasteiger partial charge in [0, 0.05) is 6.92 Å². The van der Waals surface area contributed by atoms with Gasteiger partial charge in [0.1, 0.15) is 0 Å². The molecule has 2 aliphatic rings. The SMILES string of the molecule is CC(=O)NC1(C(=O)O)N2C(=O)C[C@H]2SC1(C)C.c1ccccc1. The first-order valence-corrected chi connectivity index (χ1v) is 8.12. The van der Waals surface area contributed by atoms with Crippen LogP contribution < -0.4 is 5.32 Å². The first-order chi connectivity index (χ1) is 10.7. The topological polar surface area (TPSA) is 86.7 Å². The van der Waals surface area contributed by atoms with E-state index >= 15 is 0 Å². The molecule has 0 spiro atoms. The molecule has 1 aromatic rings. The van der Waals surface area contributed by atoms with E-state index in [1.54, 1.807) is 13.8 Å². The number of benzene rings is 1. The molecule has 0 aliphatic carbocycles. The molecule has 23 heavy (non-hydrogen) atoms. The first-order valence-electron chi connectivity index (χ1n) is 7.24. The monoisotopic (exact) mass is 336 g/mol. The summed E-state index contributed by atoms with van der Waals surface area (Å²) in [5.41, 5.74) is -1.64. The van der Waals surface area contributed by atoms with Gasteiger partial charge in [0.2, 0.25) is 17.5 Å². The number of amides is 2. The summed E-state index contributed by atoms with van der Waals surface area (Å²) >= 11 is 1.41. The lowest BCUT2D eigenvalue weighted by Crippen LogP contribution is -2.74. The van der Waals surface area contributed by atoms with Gasteiger partial charge in [0.05, 0.1) is 16.5 Å². The Hall–Kier alpha value is -2.02. The van der Waals surface area contributed by atoms with Crippen molar-refractivity contribution in [2.45, 2.75) is 43.0 Å². The maximum Gasteiger partial charge on any atom is 0.352 e. The van der Waals surface area contributed by atoms with E-state index in [2.05, 4.69) is 5.32 Å². The Labute approximate surface area is 139 Å². The summed E-state index contributed by atoms with van der Waals surface area (Å²) in [6.07, 6.45) is 0.336. The van der Waals surface area contributed by atoms with Crippen molar-refractivity contribution >= 4 is 29.5 Å². The normalized spacial score (nSPS) is 27.2. The number of carboxylic acids is 1. The van der Waals surface area contributed by atoms with Gasteiger partial charge in [-0.05, 0) is 13.8 Å². The third-order valence-corrected chi connectivity index (χ3v) is 5.44. The molecule has 2 heterocycles. The molecule has 1 unspecified atom stereocenters. The number of fused-ring (bicyclic) bond motifs is 1. The van der Waals surface area contributed by atoms with Crippen molar-refractivity contribution in [2.75, 3.05) is 0 Å². The van der Waals surface area contributed by atoms with Gasteiger partial charge in [-0.1, -0.05) is 36.4 Å². The van der Waals surface area contributed by atoms with Crippen LogP contribution >= 0.6 is 11.8 Å². The van der Waals surface area contributed by atoms with Crippen LogP contribution in [0.4, 0.5) is 0 Å². The lowest BCUT2D eigenvalue weighted by molar-refractivity contribution is -0.173. The van der Waals surface area contributed by atoms with Gasteiger partial charge in [0.25, 0.3) is 0 Å². The summed E-state index contributed by atoms with van der Waals surface area (Å²) in [6.45, 7) is 4.71. The number of carboxylic acid groups (broad SMARTS) is 1. The predicted molar refractivity (Wildman–Crippen MR) is 87.5 cm³/mol. The minimum Gasteiger partial charge on any atom is -0.478 e. The van der Waals surface area contributed by atoms with E-state index in [4.69, 9.17) is 0 Å². The molecule has 2 amide bonds. The number of thioether (sulfide) groups is 1. The lowest BCUT2D eigenvalue weighted by atomic mass is 9.90. The maximum absolute atomic E-state index is 11.6. The van der Waals surface area contributed by atoms with Crippen molar-refractivity contribution in [3.63, 3.8) is 0 Å². The zero-order valence-electron chi connectivity index (χ0n) is 13.3. The van der Waals surface area contributed by atoms with Crippen LogP contribution in [0.15, 0.2) is 36.4 Å². The summed E-state index contributed by atoms with van der Waals surface area (Å²) in [5.74, 6) is -1.88. The second-order valence-electron chi connectivity index (χ2n) is 5.90. The summed E-state index contributed by atoms with van der Waals surface area (Å²) in [5, 5.41) is 11.8. The van der Waals surface area contributed by atoms with E-state index in [9.17, 15) is 19.5 Å². The lowest BCUT2D eigenvalue weighted by Gasteiger charge is -2.46. The zero-order valence-corrected chi connectivity index (χ0v) is 14.1. The van der Waals surface area contributed by atoms with Crippen molar-refractivity contribution in [1.29, 1.82) is 0 Å². The highest BCUT2D eigenvalue weighted by Crippen LogP contribution is 2.55. The van der Waals surface area contributed by atoms with Crippen LogP contribution in [-0.4, -0.2) is 43.6 Å². The fourth-order valence-corrected chi connectivity index (χ4v) is 4.56. The predicted octanol–water partition coefficient (Wildman–Crippen LogP) is 1.67. The molecule has 3 rings (SSSR count). The van der Waals surface area contributed by atoms with E-state index in [1.165, 1.54) is 23.6 Å². The average molecular weight is 336 g/mol. The van der Waals surface area contributed by atoms with E-state index in [0.717, 1.165) is 0 Å². The molecule has 124 valence electrons. The van der Waals surface area contributed by atoms with Crippen LogP contribution in [-0.2, 0) is 14.4 Å². The number of rotatable bonds is 2. The fraction of sp³-hybridized carbons (Fsp3) is 0.438. The van der Waals surface area contributed by atoms with Gasteiger partial charge < -0.3 is 10.4 Å². The Balaban J connectivity index is 0.000000268. The maximum atomic E-state index is 11.6. The molecule has 2 aliphatic heterocycles. The Bertz CT molecular complexity index is 593. The van der Waals surface area contributed by atoms with E-state index in [1.807, 2.05) is 36.4 Å². The molecule has 0 radical (unpaired) electrons. The second kappa shape index (κ2) is 6.23. The molecule has 2 atom stereocenters. The Morgan fingerprint density at radius 1 is 1.22 bits per heavy atom. The summed E-state index contributed by atoms with van der Waals surface area (Å²) in [6, 6.07) is 12.0. The molecule has 2 saturated heterocycles. The average Bonchev–Trinajstić information content (AvgIpc) is 2.64. The molecule has 0 aromatic heterocycles. The minimum absolute atomic E-state index is 0.152. The molecule has 0 saturated carbocycles. The third-order valence-electron chi connectivity index (χ3n) is 3.90. The van der Waals surface area contributed by atoms with E-state index in [0.29, 0.717) is 6.42 Å². The number of hydrogen-bond donors (Lipinski definition) is 2. The fourth-order valence-electron chi connectivity index (χ4n) is 2.86. The summed E-state index contributed by atoms with van der Waals surface area (Å²) < 4.78 is -0.763. The van der Waals surface area contributed by atoms with Gasteiger partial charge in [0.15, 0.2) is 0 Å². The summed E-state index contributed by atoms with van der Waals surface area (Å²) in [4.78, 5) is 35.7. The number of hydrogen-bond acceptors (Lipinski definition) is 4. The van der Waals surface area contributed by atoms with Gasteiger partial charge >= 0.3 is 5.97 Å². The molecule has 6 nitrogen and oxygen atoms in total. The molecule has 1 aromatic carbocycles. The highest BCUT2D eigenvalue weighted by molar-refractivity contribution is 8.01. The van der Waals surface area contributed by atoms with Crippen molar-refractivity contribution in [2.24, 2.45) is 0 Å². The largest absolute Gasteiger partial charge is 0.478 e. The van der Waals surface area contributed by atoms with Gasteiger partial charge in [-0.3, -0.25) is 14.5 Å². The number of nitrogens with zero attached hydrogens (tertiary/aromatic N) is 1.